The smallest absolute Gasteiger partial charge is 0.306 e. The minimum absolute atomic E-state index is 0.0839. The van der Waals surface area contributed by atoms with Gasteiger partial charge in [-0.25, -0.2) is 0 Å². The summed E-state index contributed by atoms with van der Waals surface area (Å²) >= 11 is 0. The van der Waals surface area contributed by atoms with E-state index in [0.29, 0.717) is 19.3 Å². The third kappa shape index (κ3) is 48.4. The van der Waals surface area contributed by atoms with Crippen molar-refractivity contribution in [2.45, 2.75) is 277 Å². The zero-order valence-electron chi connectivity index (χ0n) is 41.1. The number of hydrogen-bond acceptors (Lipinski definition) is 6. The van der Waals surface area contributed by atoms with E-state index in [4.69, 9.17) is 14.2 Å². The molecule has 62 heavy (non-hydrogen) atoms. The molecule has 1 unspecified atom stereocenters. The van der Waals surface area contributed by atoms with Crippen LogP contribution < -0.4 is 0 Å². The molecule has 0 aromatic carbocycles. The lowest BCUT2D eigenvalue weighted by molar-refractivity contribution is -0.167. The summed E-state index contributed by atoms with van der Waals surface area (Å²) in [5, 5.41) is 0. The van der Waals surface area contributed by atoms with Crippen LogP contribution >= 0.6 is 0 Å². The minimum Gasteiger partial charge on any atom is -0.462 e. The average molecular weight is 869 g/mol. The van der Waals surface area contributed by atoms with Gasteiger partial charge in [-0.2, -0.15) is 0 Å². The summed E-state index contributed by atoms with van der Waals surface area (Å²) in [5.41, 5.74) is 0. The van der Waals surface area contributed by atoms with Crippen molar-refractivity contribution in [2.75, 3.05) is 13.2 Å². The van der Waals surface area contributed by atoms with Gasteiger partial charge >= 0.3 is 17.9 Å². The zero-order chi connectivity index (χ0) is 45.1. The van der Waals surface area contributed by atoms with Gasteiger partial charge in [0, 0.05) is 19.3 Å². The van der Waals surface area contributed by atoms with Gasteiger partial charge in [0.1, 0.15) is 13.2 Å². The van der Waals surface area contributed by atoms with Crippen molar-refractivity contribution in [3.05, 3.63) is 48.6 Å². The summed E-state index contributed by atoms with van der Waals surface area (Å²) in [4.78, 5) is 38.0. The Kier molecular flexibility index (Phi) is 48.8. The highest BCUT2D eigenvalue weighted by Gasteiger charge is 2.19. The van der Waals surface area contributed by atoms with Crippen molar-refractivity contribution in [1.82, 2.24) is 0 Å². The van der Waals surface area contributed by atoms with Gasteiger partial charge < -0.3 is 14.2 Å². The van der Waals surface area contributed by atoms with Gasteiger partial charge in [-0.15, -0.1) is 0 Å². The molecule has 0 spiro atoms. The second-order valence-electron chi connectivity index (χ2n) is 17.8. The lowest BCUT2D eigenvalue weighted by Gasteiger charge is -2.18. The quantitative estimate of drug-likeness (QED) is 0.0262. The van der Waals surface area contributed by atoms with Crippen LogP contribution in [0.4, 0.5) is 0 Å². The monoisotopic (exact) mass is 869 g/mol. The predicted octanol–water partition coefficient (Wildman–Crippen LogP) is 17.5. The molecule has 0 aliphatic rings. The molecule has 1 atom stereocenters. The Morgan fingerprint density at radius 2 is 0.629 bits per heavy atom. The largest absolute Gasteiger partial charge is 0.462 e. The first-order chi connectivity index (χ1) is 30.5. The summed E-state index contributed by atoms with van der Waals surface area (Å²) in [6, 6.07) is 0. The summed E-state index contributed by atoms with van der Waals surface area (Å²) in [5.74, 6) is -0.909. The van der Waals surface area contributed by atoms with E-state index in [2.05, 4.69) is 69.4 Å². The van der Waals surface area contributed by atoms with Crippen molar-refractivity contribution in [3.8, 4) is 0 Å². The molecule has 0 aromatic heterocycles. The standard InChI is InChI=1S/C56H100O6/c1-4-7-10-13-16-19-22-25-26-27-28-29-32-34-37-40-43-46-49-55(58)61-52-53(62-56(59)50-47-44-41-38-35-31-24-21-18-15-12-9-6-3)51-60-54(57)48-45-42-39-36-33-30-23-20-17-14-11-8-5-2/h9,12,18,21,26-27,31,35,53H,4-8,10-11,13-17,19-20,22-25,28-30,32-34,36-52H2,1-3H3/b12-9-,21-18-,27-26-,35-31-. The molecule has 0 aromatic rings. The van der Waals surface area contributed by atoms with Gasteiger partial charge in [-0.1, -0.05) is 223 Å². The van der Waals surface area contributed by atoms with E-state index in [-0.39, 0.29) is 31.1 Å². The van der Waals surface area contributed by atoms with Gasteiger partial charge in [0.15, 0.2) is 6.10 Å². The Morgan fingerprint density at radius 1 is 0.339 bits per heavy atom. The predicted molar refractivity (Wildman–Crippen MR) is 265 cm³/mol. The van der Waals surface area contributed by atoms with Crippen LogP contribution in [0.1, 0.15) is 271 Å². The molecular weight excluding hydrogens is 769 g/mol. The molecule has 6 nitrogen and oxygen atoms in total. The van der Waals surface area contributed by atoms with Crippen LogP contribution in [0.5, 0.6) is 0 Å². The highest BCUT2D eigenvalue weighted by molar-refractivity contribution is 5.71. The molecule has 0 N–H and O–H groups in total. The molecule has 0 amide bonds. The van der Waals surface area contributed by atoms with E-state index in [1.165, 1.54) is 148 Å². The number of hydrogen-bond donors (Lipinski definition) is 0. The van der Waals surface area contributed by atoms with Crippen LogP contribution in [0.3, 0.4) is 0 Å². The molecule has 6 heteroatoms. The van der Waals surface area contributed by atoms with Gasteiger partial charge in [-0.3, -0.25) is 14.4 Å². The fraction of sp³-hybridized carbons (Fsp3) is 0.804. The van der Waals surface area contributed by atoms with E-state index in [9.17, 15) is 14.4 Å². The Morgan fingerprint density at radius 3 is 1.02 bits per heavy atom. The van der Waals surface area contributed by atoms with Crippen molar-refractivity contribution < 1.29 is 28.6 Å². The second-order valence-corrected chi connectivity index (χ2v) is 17.8. The number of esters is 3. The van der Waals surface area contributed by atoms with Crippen molar-refractivity contribution >= 4 is 17.9 Å². The maximum Gasteiger partial charge on any atom is 0.306 e. The first-order valence-corrected chi connectivity index (χ1v) is 26.6. The number of carbonyl (C=O) groups excluding carboxylic acids is 3. The fourth-order valence-corrected chi connectivity index (χ4v) is 7.57. The number of rotatable bonds is 48. The number of ether oxygens (including phenoxy) is 3. The summed E-state index contributed by atoms with van der Waals surface area (Å²) in [6.45, 7) is 6.51. The van der Waals surface area contributed by atoms with Crippen LogP contribution in [0.15, 0.2) is 48.6 Å². The molecule has 0 fully saturated rings. The molecule has 360 valence electrons. The first kappa shape index (κ1) is 59.4. The number of unbranched alkanes of at least 4 members (excludes halogenated alkanes) is 29. The number of carbonyl (C=O) groups is 3. The van der Waals surface area contributed by atoms with Crippen LogP contribution in [0.25, 0.3) is 0 Å². The normalized spacial score (nSPS) is 12.4. The SMILES string of the molecule is CC/C=C\C/C=C\C/C=C\CCCCCC(=O)OC(COC(=O)CCCCCCCCC/C=C\CCCCCCCCC)COC(=O)CCCCCCCCCCCCCCC. The van der Waals surface area contributed by atoms with Crippen molar-refractivity contribution in [3.63, 3.8) is 0 Å². The minimum atomic E-state index is -0.786. The fourth-order valence-electron chi connectivity index (χ4n) is 7.57. The topological polar surface area (TPSA) is 78.9 Å². The molecule has 0 radical (unpaired) electrons. The lowest BCUT2D eigenvalue weighted by Crippen LogP contribution is -2.30. The summed E-state index contributed by atoms with van der Waals surface area (Å²) in [6.07, 6.45) is 61.0. The van der Waals surface area contributed by atoms with Crippen molar-refractivity contribution in [1.29, 1.82) is 0 Å². The maximum absolute atomic E-state index is 12.8. The highest BCUT2D eigenvalue weighted by Crippen LogP contribution is 2.15. The Bertz CT molecular complexity index is 1090. The van der Waals surface area contributed by atoms with E-state index < -0.39 is 6.10 Å². The molecule has 0 heterocycles. The molecule has 0 bridgehead atoms. The van der Waals surface area contributed by atoms with Gasteiger partial charge in [-0.05, 0) is 77.0 Å². The second kappa shape index (κ2) is 51.0. The molecule has 0 saturated carbocycles. The van der Waals surface area contributed by atoms with Crippen LogP contribution in [-0.2, 0) is 28.6 Å². The van der Waals surface area contributed by atoms with Crippen LogP contribution in [0, 0.1) is 0 Å². The van der Waals surface area contributed by atoms with E-state index in [1.54, 1.807) is 0 Å². The summed E-state index contributed by atoms with van der Waals surface area (Å²) < 4.78 is 16.8. The molecule has 0 aliphatic carbocycles. The third-order valence-corrected chi connectivity index (χ3v) is 11.6. The first-order valence-electron chi connectivity index (χ1n) is 26.6. The van der Waals surface area contributed by atoms with E-state index in [0.717, 1.165) is 83.5 Å². The van der Waals surface area contributed by atoms with Crippen LogP contribution in [0.2, 0.25) is 0 Å². The molecule has 0 aliphatic heterocycles. The van der Waals surface area contributed by atoms with Gasteiger partial charge in [0.05, 0.1) is 0 Å². The average Bonchev–Trinajstić information content (AvgIpc) is 3.27. The summed E-state index contributed by atoms with van der Waals surface area (Å²) in [7, 11) is 0. The zero-order valence-corrected chi connectivity index (χ0v) is 41.1. The Labute approximate surface area is 384 Å². The Hall–Kier alpha value is -2.63. The maximum atomic E-state index is 12.8. The highest BCUT2D eigenvalue weighted by atomic mass is 16.6. The molecule has 0 saturated heterocycles. The van der Waals surface area contributed by atoms with Gasteiger partial charge in [0.2, 0.25) is 0 Å². The third-order valence-electron chi connectivity index (χ3n) is 11.6. The van der Waals surface area contributed by atoms with Crippen LogP contribution in [-0.4, -0.2) is 37.2 Å². The lowest BCUT2D eigenvalue weighted by atomic mass is 10.0. The van der Waals surface area contributed by atoms with E-state index >= 15 is 0 Å². The number of allylic oxidation sites excluding steroid dienone is 8. The molecule has 0 rings (SSSR count). The van der Waals surface area contributed by atoms with E-state index in [1.807, 2.05) is 0 Å². The molecular formula is C56H100O6. The van der Waals surface area contributed by atoms with Gasteiger partial charge in [0.25, 0.3) is 0 Å². The van der Waals surface area contributed by atoms with Crippen molar-refractivity contribution in [2.24, 2.45) is 0 Å². The Balaban J connectivity index is 4.36.